The van der Waals surface area contributed by atoms with Gasteiger partial charge in [-0.2, -0.15) is 0 Å². The third kappa shape index (κ3) is 2.20. The Labute approximate surface area is 101 Å². The topological polar surface area (TPSA) is 43.1 Å². The summed E-state index contributed by atoms with van der Waals surface area (Å²) in [5, 5.41) is 0. The Morgan fingerprint density at radius 1 is 0.889 bits per heavy atom. The van der Waals surface area contributed by atoms with Gasteiger partial charge in [0, 0.05) is 5.69 Å². The van der Waals surface area contributed by atoms with Crippen LogP contribution in [0.25, 0.3) is 0 Å². The van der Waals surface area contributed by atoms with Gasteiger partial charge in [0.2, 0.25) is 0 Å². The Balaban J connectivity index is 2.51. The number of hydrogen-bond acceptors (Lipinski definition) is 2. The lowest BCUT2D eigenvalue weighted by Gasteiger charge is -2.05. The van der Waals surface area contributed by atoms with Crippen LogP contribution in [-0.2, 0) is 0 Å². The van der Waals surface area contributed by atoms with E-state index in [4.69, 9.17) is 5.73 Å². The lowest BCUT2D eigenvalue weighted by atomic mass is 10.0. The van der Waals surface area contributed by atoms with Gasteiger partial charge >= 0.3 is 0 Å². The summed E-state index contributed by atoms with van der Waals surface area (Å²) in [6.07, 6.45) is 0. The maximum Gasteiger partial charge on any atom is 0.199 e. The molecule has 0 radical (unpaired) electrons. The molecular formula is C13H8F3NO. The second-order valence-corrected chi connectivity index (χ2v) is 3.69. The van der Waals surface area contributed by atoms with Crippen LogP contribution >= 0.6 is 0 Å². The van der Waals surface area contributed by atoms with Crippen molar-refractivity contribution < 1.29 is 18.0 Å². The van der Waals surface area contributed by atoms with E-state index in [0.29, 0.717) is 0 Å². The summed E-state index contributed by atoms with van der Waals surface area (Å²) >= 11 is 0. The molecule has 0 unspecified atom stereocenters. The van der Waals surface area contributed by atoms with Crippen molar-refractivity contribution in [2.45, 2.75) is 0 Å². The van der Waals surface area contributed by atoms with Gasteiger partial charge in [0.25, 0.3) is 0 Å². The zero-order chi connectivity index (χ0) is 13.3. The third-order valence-electron chi connectivity index (χ3n) is 2.41. The highest BCUT2D eigenvalue weighted by atomic mass is 19.1. The third-order valence-corrected chi connectivity index (χ3v) is 2.41. The maximum absolute atomic E-state index is 13.5. The molecule has 0 saturated heterocycles. The van der Waals surface area contributed by atoms with Gasteiger partial charge in [0.15, 0.2) is 5.78 Å². The highest BCUT2D eigenvalue weighted by molar-refractivity contribution is 6.09. The van der Waals surface area contributed by atoms with Gasteiger partial charge in [-0.1, -0.05) is 0 Å². The standard InChI is InChI=1S/C13H8F3NO/c14-7-1-4-11(15)10(5-7)13(18)9-3-2-8(17)6-12(9)16/h1-6H,17H2. The average Bonchev–Trinajstić information content (AvgIpc) is 2.31. The lowest BCUT2D eigenvalue weighted by Crippen LogP contribution is -2.07. The van der Waals surface area contributed by atoms with Gasteiger partial charge in [0.1, 0.15) is 17.5 Å². The zero-order valence-corrected chi connectivity index (χ0v) is 9.08. The van der Waals surface area contributed by atoms with E-state index in [1.165, 1.54) is 6.07 Å². The fourth-order valence-corrected chi connectivity index (χ4v) is 1.53. The summed E-state index contributed by atoms with van der Waals surface area (Å²) in [6, 6.07) is 5.83. The van der Waals surface area contributed by atoms with Crippen molar-refractivity contribution >= 4 is 11.5 Å². The molecule has 5 heteroatoms. The molecule has 0 heterocycles. The molecule has 2 rings (SSSR count). The molecule has 0 fully saturated rings. The highest BCUT2D eigenvalue weighted by Crippen LogP contribution is 2.19. The summed E-state index contributed by atoms with van der Waals surface area (Å²) in [4.78, 5) is 11.9. The first-order valence-corrected chi connectivity index (χ1v) is 5.04. The van der Waals surface area contributed by atoms with E-state index in [2.05, 4.69) is 0 Å². The van der Waals surface area contributed by atoms with Crippen LogP contribution in [0.15, 0.2) is 36.4 Å². The molecule has 0 bridgehead atoms. The number of benzene rings is 2. The number of hydrogen-bond donors (Lipinski definition) is 1. The molecule has 0 atom stereocenters. The van der Waals surface area contributed by atoms with Crippen LogP contribution in [0.2, 0.25) is 0 Å². The van der Waals surface area contributed by atoms with Gasteiger partial charge in [-0.3, -0.25) is 4.79 Å². The van der Waals surface area contributed by atoms with Crippen molar-refractivity contribution in [3.05, 3.63) is 65.0 Å². The molecule has 0 aliphatic carbocycles. The molecule has 0 amide bonds. The maximum atomic E-state index is 13.5. The first kappa shape index (κ1) is 12.2. The molecular weight excluding hydrogens is 243 g/mol. The predicted octanol–water partition coefficient (Wildman–Crippen LogP) is 2.92. The van der Waals surface area contributed by atoms with Gasteiger partial charge < -0.3 is 5.73 Å². The molecule has 2 aromatic carbocycles. The Kier molecular flexibility index (Phi) is 3.06. The molecule has 0 saturated carbocycles. The molecule has 0 spiro atoms. The SMILES string of the molecule is Nc1ccc(C(=O)c2cc(F)ccc2F)c(F)c1. The second kappa shape index (κ2) is 4.52. The molecule has 0 aliphatic heterocycles. The van der Waals surface area contributed by atoms with Crippen molar-refractivity contribution in [3.8, 4) is 0 Å². The highest BCUT2D eigenvalue weighted by Gasteiger charge is 2.18. The van der Waals surface area contributed by atoms with Crippen LogP contribution < -0.4 is 5.73 Å². The van der Waals surface area contributed by atoms with Gasteiger partial charge in [-0.05, 0) is 36.4 Å². The number of carbonyl (C=O) groups is 1. The van der Waals surface area contributed by atoms with E-state index >= 15 is 0 Å². The summed E-state index contributed by atoms with van der Waals surface area (Å²) in [6.45, 7) is 0. The number of nitrogens with two attached hydrogens (primary N) is 1. The molecule has 18 heavy (non-hydrogen) atoms. The van der Waals surface area contributed by atoms with Gasteiger partial charge in [-0.25, -0.2) is 13.2 Å². The molecule has 0 aliphatic rings. The van der Waals surface area contributed by atoms with Crippen LogP contribution in [-0.4, -0.2) is 5.78 Å². The van der Waals surface area contributed by atoms with E-state index < -0.39 is 28.8 Å². The van der Waals surface area contributed by atoms with Crippen molar-refractivity contribution in [2.75, 3.05) is 5.73 Å². The number of rotatable bonds is 2. The fraction of sp³-hybridized carbons (Fsp3) is 0. The van der Waals surface area contributed by atoms with E-state index in [-0.39, 0.29) is 11.3 Å². The van der Waals surface area contributed by atoms with E-state index in [1.54, 1.807) is 0 Å². The zero-order valence-electron chi connectivity index (χ0n) is 9.08. The Morgan fingerprint density at radius 3 is 2.28 bits per heavy atom. The van der Waals surface area contributed by atoms with Crippen LogP contribution in [0.4, 0.5) is 18.9 Å². The number of anilines is 1. The molecule has 2 N–H and O–H groups in total. The smallest absolute Gasteiger partial charge is 0.199 e. The van der Waals surface area contributed by atoms with Crippen molar-refractivity contribution in [2.24, 2.45) is 0 Å². The Hall–Kier alpha value is -2.30. The summed E-state index contributed by atoms with van der Waals surface area (Å²) in [7, 11) is 0. The number of nitrogen functional groups attached to an aromatic ring is 1. The quantitative estimate of drug-likeness (QED) is 0.658. The summed E-state index contributed by atoms with van der Waals surface area (Å²) < 4.78 is 39.8. The predicted molar refractivity (Wildman–Crippen MR) is 60.6 cm³/mol. The van der Waals surface area contributed by atoms with Crippen molar-refractivity contribution in [1.82, 2.24) is 0 Å². The average molecular weight is 251 g/mol. The van der Waals surface area contributed by atoms with E-state index in [0.717, 1.165) is 30.3 Å². The summed E-state index contributed by atoms with van der Waals surface area (Å²) in [5.74, 6) is -3.47. The minimum absolute atomic E-state index is 0.142. The van der Waals surface area contributed by atoms with Crippen LogP contribution in [0.3, 0.4) is 0 Å². The fourth-order valence-electron chi connectivity index (χ4n) is 1.53. The monoisotopic (exact) mass is 251 g/mol. The molecule has 2 nitrogen and oxygen atoms in total. The minimum atomic E-state index is -0.926. The van der Waals surface area contributed by atoms with Crippen molar-refractivity contribution in [1.29, 1.82) is 0 Å². The number of carbonyl (C=O) groups excluding carboxylic acids is 1. The normalized spacial score (nSPS) is 10.4. The Morgan fingerprint density at radius 2 is 1.61 bits per heavy atom. The largest absolute Gasteiger partial charge is 0.399 e. The molecule has 2 aromatic rings. The molecule has 92 valence electrons. The number of ketones is 1. The second-order valence-electron chi connectivity index (χ2n) is 3.69. The lowest BCUT2D eigenvalue weighted by molar-refractivity contribution is 0.103. The van der Waals surface area contributed by atoms with Crippen LogP contribution in [0, 0.1) is 17.5 Å². The van der Waals surface area contributed by atoms with E-state index in [9.17, 15) is 18.0 Å². The summed E-state index contributed by atoms with van der Waals surface area (Å²) in [5.41, 5.74) is 4.61. The number of halogens is 3. The van der Waals surface area contributed by atoms with E-state index in [1.807, 2.05) is 0 Å². The Bertz CT molecular complexity index is 626. The first-order chi connectivity index (χ1) is 8.49. The molecule has 0 aromatic heterocycles. The first-order valence-electron chi connectivity index (χ1n) is 5.04. The van der Waals surface area contributed by atoms with Crippen LogP contribution in [0.1, 0.15) is 15.9 Å². The van der Waals surface area contributed by atoms with Gasteiger partial charge in [0.05, 0.1) is 11.1 Å². The van der Waals surface area contributed by atoms with Crippen molar-refractivity contribution in [3.63, 3.8) is 0 Å². The van der Waals surface area contributed by atoms with Crippen LogP contribution in [0.5, 0.6) is 0 Å². The van der Waals surface area contributed by atoms with Gasteiger partial charge in [-0.15, -0.1) is 0 Å². The minimum Gasteiger partial charge on any atom is -0.399 e.